The van der Waals surface area contributed by atoms with Gasteiger partial charge in [0.05, 0.1) is 17.8 Å². The van der Waals surface area contributed by atoms with Crippen LogP contribution in [0.25, 0.3) is 0 Å². The molecule has 0 aliphatic rings. The van der Waals surface area contributed by atoms with Crippen LogP contribution in [0, 0.1) is 9.39 Å². The van der Waals surface area contributed by atoms with Crippen LogP contribution in [-0.4, -0.2) is 31.6 Å². The van der Waals surface area contributed by atoms with E-state index in [1.807, 2.05) is 18.2 Å². The number of benzene rings is 2. The van der Waals surface area contributed by atoms with E-state index < -0.39 is 0 Å². The molecule has 0 radical (unpaired) electrons. The fraction of sp³-hybridized carbons (Fsp3) is 0.316. The van der Waals surface area contributed by atoms with Crippen molar-refractivity contribution >= 4 is 28.5 Å². The van der Waals surface area contributed by atoms with Gasteiger partial charge in [-0.15, -0.1) is 0 Å². The third-order valence-corrected chi connectivity index (χ3v) is 4.76. The lowest BCUT2D eigenvalue weighted by atomic mass is 10.1. The minimum absolute atomic E-state index is 0.0549. The van der Waals surface area contributed by atoms with Crippen LogP contribution in [0.15, 0.2) is 36.4 Å². The molecule has 25 heavy (non-hydrogen) atoms. The average Bonchev–Trinajstić information content (AvgIpc) is 2.58. The molecule has 0 spiro atoms. The predicted octanol–water partition coefficient (Wildman–Crippen LogP) is 4.04. The molecule has 2 rings (SSSR count). The lowest BCUT2D eigenvalue weighted by molar-refractivity contribution is -0.129. The standard InChI is InChI=1S/C19H21FINO3/c1-13(23)22(12-14-5-4-6-16(20)9-14)8-7-15-10-19(25-3)17(21)11-18(15)24-2/h4-6,9-11H,7-8,12H2,1-3H3. The first-order valence-electron chi connectivity index (χ1n) is 7.85. The minimum atomic E-state index is -0.301. The largest absolute Gasteiger partial charge is 0.496 e. The quantitative estimate of drug-likeness (QED) is 0.590. The first-order valence-corrected chi connectivity index (χ1v) is 8.92. The van der Waals surface area contributed by atoms with Crippen molar-refractivity contribution in [2.45, 2.75) is 19.9 Å². The Morgan fingerprint density at radius 3 is 2.48 bits per heavy atom. The maximum Gasteiger partial charge on any atom is 0.219 e. The lowest BCUT2D eigenvalue weighted by Crippen LogP contribution is -2.30. The molecule has 0 unspecified atom stereocenters. The third-order valence-electron chi connectivity index (χ3n) is 3.91. The van der Waals surface area contributed by atoms with E-state index in [0.717, 1.165) is 26.2 Å². The Hall–Kier alpha value is -1.83. The second kappa shape index (κ2) is 9.03. The van der Waals surface area contributed by atoms with E-state index in [1.165, 1.54) is 19.1 Å². The van der Waals surface area contributed by atoms with E-state index in [-0.39, 0.29) is 11.7 Å². The Balaban J connectivity index is 2.14. The Bertz CT molecular complexity index is 751. The number of ether oxygens (including phenoxy) is 2. The Labute approximate surface area is 161 Å². The van der Waals surface area contributed by atoms with Gasteiger partial charge in [0.25, 0.3) is 0 Å². The van der Waals surface area contributed by atoms with E-state index in [1.54, 1.807) is 25.2 Å². The van der Waals surface area contributed by atoms with Gasteiger partial charge in [-0.05, 0) is 64.4 Å². The van der Waals surface area contributed by atoms with Crippen molar-refractivity contribution < 1.29 is 18.7 Å². The van der Waals surface area contributed by atoms with Crippen molar-refractivity contribution in [1.29, 1.82) is 0 Å². The maximum absolute atomic E-state index is 13.4. The van der Waals surface area contributed by atoms with Crippen LogP contribution in [-0.2, 0) is 17.8 Å². The van der Waals surface area contributed by atoms with Crippen molar-refractivity contribution in [3.63, 3.8) is 0 Å². The Morgan fingerprint density at radius 1 is 1.16 bits per heavy atom. The SMILES string of the molecule is COc1cc(CCN(Cc2cccc(F)c2)C(C)=O)c(OC)cc1I. The van der Waals surface area contributed by atoms with Gasteiger partial charge in [0.15, 0.2) is 0 Å². The molecular formula is C19H21FINO3. The number of hydrogen-bond acceptors (Lipinski definition) is 3. The van der Waals surface area contributed by atoms with E-state index >= 15 is 0 Å². The molecule has 2 aromatic rings. The molecule has 0 bridgehead atoms. The number of rotatable bonds is 7. The second-order valence-electron chi connectivity index (χ2n) is 5.62. The van der Waals surface area contributed by atoms with E-state index in [0.29, 0.717) is 19.5 Å². The molecule has 0 fully saturated rings. The monoisotopic (exact) mass is 457 g/mol. The molecule has 2 aromatic carbocycles. The summed E-state index contributed by atoms with van der Waals surface area (Å²) in [5.74, 6) is 1.18. The number of carbonyl (C=O) groups is 1. The van der Waals surface area contributed by atoms with Crippen LogP contribution in [0.5, 0.6) is 11.5 Å². The zero-order chi connectivity index (χ0) is 18.4. The number of amides is 1. The van der Waals surface area contributed by atoms with Gasteiger partial charge in [-0.25, -0.2) is 4.39 Å². The third kappa shape index (κ3) is 5.32. The van der Waals surface area contributed by atoms with Crippen molar-refractivity contribution in [2.75, 3.05) is 20.8 Å². The van der Waals surface area contributed by atoms with Gasteiger partial charge in [-0.1, -0.05) is 12.1 Å². The fourth-order valence-corrected chi connectivity index (χ4v) is 3.24. The molecule has 1 amide bonds. The van der Waals surface area contributed by atoms with Gasteiger partial charge in [0.1, 0.15) is 17.3 Å². The number of halogens is 2. The normalized spacial score (nSPS) is 10.4. The van der Waals surface area contributed by atoms with Crippen molar-refractivity contribution in [2.24, 2.45) is 0 Å². The number of carbonyl (C=O) groups excluding carboxylic acids is 1. The molecular weight excluding hydrogens is 436 g/mol. The predicted molar refractivity (Wildman–Crippen MR) is 103 cm³/mol. The van der Waals surface area contributed by atoms with Crippen LogP contribution in [0.2, 0.25) is 0 Å². The summed E-state index contributed by atoms with van der Waals surface area (Å²) < 4.78 is 25.1. The van der Waals surface area contributed by atoms with Crippen LogP contribution in [0.4, 0.5) is 4.39 Å². The van der Waals surface area contributed by atoms with Crippen LogP contribution in [0.1, 0.15) is 18.1 Å². The van der Waals surface area contributed by atoms with E-state index in [2.05, 4.69) is 22.6 Å². The van der Waals surface area contributed by atoms with Gasteiger partial charge in [-0.3, -0.25) is 4.79 Å². The van der Waals surface area contributed by atoms with Gasteiger partial charge in [-0.2, -0.15) is 0 Å². The molecule has 6 heteroatoms. The summed E-state index contributed by atoms with van der Waals surface area (Å²) in [4.78, 5) is 13.7. The Morgan fingerprint density at radius 2 is 1.88 bits per heavy atom. The topological polar surface area (TPSA) is 38.8 Å². The molecule has 0 N–H and O–H groups in total. The molecule has 0 aliphatic carbocycles. The zero-order valence-electron chi connectivity index (χ0n) is 14.5. The van der Waals surface area contributed by atoms with E-state index in [4.69, 9.17) is 9.47 Å². The summed E-state index contributed by atoms with van der Waals surface area (Å²) in [6.07, 6.45) is 0.616. The molecule has 0 aromatic heterocycles. The number of nitrogens with zero attached hydrogens (tertiary/aromatic N) is 1. The summed E-state index contributed by atoms with van der Waals surface area (Å²) in [5, 5.41) is 0. The molecule has 134 valence electrons. The van der Waals surface area contributed by atoms with Crippen LogP contribution in [0.3, 0.4) is 0 Å². The maximum atomic E-state index is 13.4. The highest BCUT2D eigenvalue weighted by Crippen LogP contribution is 2.30. The molecule has 4 nitrogen and oxygen atoms in total. The van der Waals surface area contributed by atoms with Crippen molar-refractivity contribution in [3.05, 3.63) is 56.9 Å². The summed E-state index contributed by atoms with van der Waals surface area (Å²) in [5.41, 5.74) is 1.73. The highest BCUT2D eigenvalue weighted by atomic mass is 127. The summed E-state index contributed by atoms with van der Waals surface area (Å²) in [7, 11) is 3.25. The number of methoxy groups -OCH3 is 2. The second-order valence-corrected chi connectivity index (χ2v) is 6.78. The Kier molecular flexibility index (Phi) is 7.04. The average molecular weight is 457 g/mol. The smallest absolute Gasteiger partial charge is 0.219 e. The van der Waals surface area contributed by atoms with Gasteiger partial charge >= 0.3 is 0 Å². The van der Waals surface area contributed by atoms with Gasteiger partial charge in [0, 0.05) is 20.0 Å². The zero-order valence-corrected chi connectivity index (χ0v) is 16.7. The highest BCUT2D eigenvalue weighted by Gasteiger charge is 2.14. The minimum Gasteiger partial charge on any atom is -0.496 e. The van der Waals surface area contributed by atoms with Crippen molar-refractivity contribution in [3.8, 4) is 11.5 Å². The molecule has 0 aliphatic heterocycles. The molecule has 0 atom stereocenters. The first-order chi connectivity index (χ1) is 11.9. The van der Waals surface area contributed by atoms with Crippen LogP contribution < -0.4 is 9.47 Å². The summed E-state index contributed by atoms with van der Waals surface area (Å²) >= 11 is 2.19. The van der Waals surface area contributed by atoms with Crippen molar-refractivity contribution in [1.82, 2.24) is 4.90 Å². The van der Waals surface area contributed by atoms with E-state index in [9.17, 15) is 9.18 Å². The molecule has 0 saturated heterocycles. The fourth-order valence-electron chi connectivity index (χ4n) is 2.58. The van der Waals surface area contributed by atoms with Crippen LogP contribution >= 0.6 is 22.6 Å². The summed E-state index contributed by atoms with van der Waals surface area (Å²) in [6, 6.07) is 10.2. The highest BCUT2D eigenvalue weighted by molar-refractivity contribution is 14.1. The number of hydrogen-bond donors (Lipinski definition) is 0. The molecule has 0 saturated carbocycles. The first kappa shape index (κ1) is 19.5. The van der Waals surface area contributed by atoms with Gasteiger partial charge in [0.2, 0.25) is 5.91 Å². The summed E-state index contributed by atoms with van der Waals surface area (Å²) in [6.45, 7) is 2.40. The lowest BCUT2D eigenvalue weighted by Gasteiger charge is -2.22. The molecule has 0 heterocycles. The van der Waals surface area contributed by atoms with Gasteiger partial charge < -0.3 is 14.4 Å².